The lowest BCUT2D eigenvalue weighted by atomic mass is 9.68. The first-order valence-electron chi connectivity index (χ1n) is 12.2. The van der Waals surface area contributed by atoms with Gasteiger partial charge < -0.3 is 24.1 Å². The summed E-state index contributed by atoms with van der Waals surface area (Å²) >= 11 is 0. The van der Waals surface area contributed by atoms with Crippen LogP contribution in [0.2, 0.25) is 0 Å². The van der Waals surface area contributed by atoms with Crippen molar-refractivity contribution in [3.63, 3.8) is 0 Å². The highest BCUT2D eigenvalue weighted by Crippen LogP contribution is 2.51. The van der Waals surface area contributed by atoms with E-state index >= 15 is 0 Å². The van der Waals surface area contributed by atoms with Crippen LogP contribution < -0.4 is 0 Å². The quantitative estimate of drug-likeness (QED) is 0.460. The van der Waals surface area contributed by atoms with Crippen molar-refractivity contribution >= 4 is 5.97 Å². The molecule has 7 heteroatoms. The van der Waals surface area contributed by atoms with E-state index in [0.717, 1.165) is 24.7 Å². The Labute approximate surface area is 209 Å². The van der Waals surface area contributed by atoms with Crippen LogP contribution in [0, 0.1) is 11.3 Å². The van der Waals surface area contributed by atoms with Crippen LogP contribution in [0.3, 0.4) is 0 Å². The molecule has 1 saturated heterocycles. The maximum Gasteiger partial charge on any atom is 0.305 e. The molecule has 0 radical (unpaired) electrons. The minimum Gasteiger partial charge on any atom is -0.469 e. The highest BCUT2D eigenvalue weighted by molar-refractivity contribution is 5.69. The number of rotatable bonds is 8. The number of allylic oxidation sites excluding steroid dienone is 8. The summed E-state index contributed by atoms with van der Waals surface area (Å²) in [4.78, 5) is 11.6. The van der Waals surface area contributed by atoms with E-state index in [1.165, 1.54) is 24.8 Å². The van der Waals surface area contributed by atoms with Crippen LogP contribution in [0.25, 0.3) is 0 Å². The smallest absolute Gasteiger partial charge is 0.305 e. The Hall–Kier alpha value is -2.06. The third-order valence-corrected chi connectivity index (χ3v) is 6.63. The first-order chi connectivity index (χ1) is 16.7. The number of hydrogen-bond acceptors (Lipinski definition) is 6. The highest BCUT2D eigenvalue weighted by Gasteiger charge is 2.48. The molecule has 0 saturated carbocycles. The van der Waals surface area contributed by atoms with Gasteiger partial charge in [0, 0.05) is 33.5 Å². The van der Waals surface area contributed by atoms with Gasteiger partial charge in [-0.2, -0.15) is 0 Å². The molecule has 3 rings (SSSR count). The van der Waals surface area contributed by atoms with Crippen LogP contribution >= 0.6 is 0 Å². The summed E-state index contributed by atoms with van der Waals surface area (Å²) in [6.45, 7) is 7.60. The van der Waals surface area contributed by atoms with Crippen molar-refractivity contribution in [2.24, 2.45) is 11.3 Å². The largest absolute Gasteiger partial charge is 0.469 e. The lowest BCUT2D eigenvalue weighted by Gasteiger charge is -2.44. The summed E-state index contributed by atoms with van der Waals surface area (Å²) in [5, 5.41) is 7.00. The molecule has 2 unspecified atom stereocenters. The number of ether oxygens (including phenoxy) is 4. The number of aliphatic hydroxyl groups excluding tert-OH is 1. The van der Waals surface area contributed by atoms with Gasteiger partial charge in [-0.05, 0) is 53.0 Å². The number of hydrogen-bond donors (Lipinski definition) is 1. The molecular weight excluding hydrogens is 451 g/mol. The van der Waals surface area contributed by atoms with Crippen molar-refractivity contribution < 1.29 is 33.2 Å². The molecule has 6 nitrogen and oxygen atoms in total. The van der Waals surface area contributed by atoms with Crippen molar-refractivity contribution in [2.75, 3.05) is 34.5 Å². The summed E-state index contributed by atoms with van der Waals surface area (Å²) < 4.78 is 36.6. The van der Waals surface area contributed by atoms with Gasteiger partial charge in [-0.15, -0.1) is 0 Å². The molecule has 0 aromatic heterocycles. The van der Waals surface area contributed by atoms with Crippen molar-refractivity contribution in [3.8, 4) is 0 Å². The van der Waals surface area contributed by atoms with Crippen LogP contribution in [0.15, 0.2) is 59.0 Å². The second kappa shape index (κ2) is 13.3. The average molecular weight is 493 g/mol. The van der Waals surface area contributed by atoms with E-state index in [0.29, 0.717) is 38.9 Å². The van der Waals surface area contributed by atoms with Gasteiger partial charge in [0.2, 0.25) is 0 Å². The summed E-state index contributed by atoms with van der Waals surface area (Å²) in [6.07, 6.45) is 13.9. The highest BCUT2D eigenvalue weighted by atomic mass is 19.1. The first-order valence-corrected chi connectivity index (χ1v) is 12.2. The van der Waals surface area contributed by atoms with E-state index in [1.54, 1.807) is 7.11 Å². The molecule has 2 atom stereocenters. The number of carbonyl (C=O) groups excluding carboxylic acids is 1. The zero-order valence-electron chi connectivity index (χ0n) is 21.9. The van der Waals surface area contributed by atoms with Crippen molar-refractivity contribution in [2.45, 2.75) is 64.8 Å². The van der Waals surface area contributed by atoms with Gasteiger partial charge in [0.1, 0.15) is 5.83 Å². The van der Waals surface area contributed by atoms with Gasteiger partial charge in [-0.3, -0.25) is 4.79 Å². The third kappa shape index (κ3) is 7.97. The molecule has 0 bridgehead atoms. The first kappa shape index (κ1) is 29.2. The zero-order valence-corrected chi connectivity index (χ0v) is 21.9. The van der Waals surface area contributed by atoms with Crippen molar-refractivity contribution in [1.82, 2.24) is 0 Å². The fourth-order valence-electron chi connectivity index (χ4n) is 5.05. The Kier molecular flexibility index (Phi) is 11.1. The lowest BCUT2D eigenvalue weighted by Crippen LogP contribution is -2.41. The molecule has 3 aliphatic rings. The predicted octanol–water partition coefficient (Wildman–Crippen LogP) is 5.35. The topological polar surface area (TPSA) is 74.2 Å². The molecule has 1 aliphatic heterocycles. The fraction of sp³-hybridized carbons (Fsp3) is 0.607. The SMILES string of the molecule is CO.COC(=O)CC(C)CC(/C=C/C1=C(C2=CC=C(F)C=CC2)CC2(CC1(C)C)OCCO2)OC. The minimum absolute atomic E-state index is 0.131. The van der Waals surface area contributed by atoms with Gasteiger partial charge in [-0.1, -0.05) is 45.1 Å². The second-order valence-electron chi connectivity index (χ2n) is 9.84. The van der Waals surface area contributed by atoms with Crippen LogP contribution in [-0.4, -0.2) is 57.5 Å². The molecule has 0 aromatic carbocycles. The Morgan fingerprint density at radius 3 is 2.54 bits per heavy atom. The molecule has 0 aromatic rings. The normalized spacial score (nSPS) is 22.7. The molecule has 1 fully saturated rings. The fourth-order valence-corrected chi connectivity index (χ4v) is 5.05. The Morgan fingerprint density at radius 1 is 1.23 bits per heavy atom. The summed E-state index contributed by atoms with van der Waals surface area (Å²) in [5.74, 6) is -0.966. The van der Waals surface area contributed by atoms with Gasteiger partial charge in [0.05, 0.1) is 26.4 Å². The monoisotopic (exact) mass is 492 g/mol. The number of aliphatic hydroxyl groups is 1. The molecule has 196 valence electrons. The molecule has 0 amide bonds. The van der Waals surface area contributed by atoms with Gasteiger partial charge in [0.25, 0.3) is 0 Å². The van der Waals surface area contributed by atoms with E-state index in [2.05, 4.69) is 26.0 Å². The maximum absolute atomic E-state index is 13.9. The van der Waals surface area contributed by atoms with E-state index in [1.807, 2.05) is 19.1 Å². The summed E-state index contributed by atoms with van der Waals surface area (Å²) in [6, 6.07) is 0. The summed E-state index contributed by atoms with van der Waals surface area (Å²) in [5.41, 5.74) is 3.17. The number of carbonyl (C=O) groups is 1. The van der Waals surface area contributed by atoms with Crippen LogP contribution in [0.1, 0.15) is 52.9 Å². The zero-order chi connectivity index (χ0) is 26.1. The molecule has 2 aliphatic carbocycles. The van der Waals surface area contributed by atoms with E-state index in [9.17, 15) is 9.18 Å². The average Bonchev–Trinajstić information content (AvgIpc) is 3.15. The third-order valence-electron chi connectivity index (χ3n) is 6.63. The van der Waals surface area contributed by atoms with Crippen LogP contribution in [0.4, 0.5) is 4.39 Å². The Morgan fingerprint density at radius 2 is 1.91 bits per heavy atom. The Bertz CT molecular complexity index is 874. The van der Waals surface area contributed by atoms with Gasteiger partial charge >= 0.3 is 5.97 Å². The lowest BCUT2D eigenvalue weighted by molar-refractivity contribution is -0.178. The molecule has 1 N–H and O–H groups in total. The molecule has 1 spiro atoms. The van der Waals surface area contributed by atoms with Crippen LogP contribution in [0.5, 0.6) is 0 Å². The number of esters is 1. The van der Waals surface area contributed by atoms with Crippen molar-refractivity contribution in [3.05, 3.63) is 59.0 Å². The number of halogens is 1. The molecular formula is C28H41FO6. The maximum atomic E-state index is 13.9. The van der Waals surface area contributed by atoms with Crippen molar-refractivity contribution in [1.29, 1.82) is 0 Å². The Balaban J connectivity index is 0.00000210. The van der Waals surface area contributed by atoms with E-state index in [4.69, 9.17) is 24.1 Å². The standard InChI is InChI=1S/C27H37FO5.CH4O/c1-19(16-25(29)31-5)15-22(30-4)11-12-24-23(20-7-6-8-21(28)10-9-20)17-27(18-26(24,2)3)32-13-14-33-27;1-2/h6,8-12,19,22H,7,13-18H2,1-5H3;2H,1H3/b12-11+;. The second-order valence-corrected chi connectivity index (χ2v) is 9.84. The minimum atomic E-state index is -0.634. The van der Waals surface area contributed by atoms with E-state index in [-0.39, 0.29) is 29.2 Å². The van der Waals surface area contributed by atoms with Gasteiger partial charge in [0.15, 0.2) is 5.79 Å². The summed E-state index contributed by atoms with van der Waals surface area (Å²) in [7, 11) is 4.09. The predicted molar refractivity (Wildman–Crippen MR) is 134 cm³/mol. The van der Waals surface area contributed by atoms with Crippen LogP contribution in [-0.2, 0) is 23.7 Å². The van der Waals surface area contributed by atoms with Gasteiger partial charge in [-0.25, -0.2) is 4.39 Å². The number of methoxy groups -OCH3 is 2. The molecule has 1 heterocycles. The molecule has 35 heavy (non-hydrogen) atoms. The van der Waals surface area contributed by atoms with E-state index < -0.39 is 5.79 Å².